The fourth-order valence-electron chi connectivity index (χ4n) is 2.78. The molecule has 1 aromatic carbocycles. The van der Waals surface area contributed by atoms with Gasteiger partial charge in [0.2, 0.25) is 5.91 Å². The van der Waals surface area contributed by atoms with Crippen LogP contribution in [-0.2, 0) is 20.9 Å². The minimum absolute atomic E-state index is 0.0180. The molecule has 4 amide bonds. The Kier molecular flexibility index (Phi) is 6.55. The highest BCUT2D eigenvalue weighted by atomic mass is 32.1. The first-order valence-electron chi connectivity index (χ1n) is 9.06. The Morgan fingerprint density at radius 2 is 2.03 bits per heavy atom. The molecule has 9 nitrogen and oxygen atoms in total. The fraction of sp³-hybridized carbons (Fsp3) is 0.316. The third-order valence-electron chi connectivity index (χ3n) is 4.19. The summed E-state index contributed by atoms with van der Waals surface area (Å²) in [5.41, 5.74) is 0.970. The van der Waals surface area contributed by atoms with Crippen molar-refractivity contribution < 1.29 is 23.9 Å². The number of amides is 4. The van der Waals surface area contributed by atoms with E-state index in [1.165, 1.54) is 5.38 Å². The number of nitrogens with one attached hydrogen (secondary N) is 2. The normalized spacial score (nSPS) is 15.9. The van der Waals surface area contributed by atoms with Crippen molar-refractivity contribution in [1.82, 2.24) is 15.2 Å². The zero-order chi connectivity index (χ0) is 20.8. The van der Waals surface area contributed by atoms with E-state index < -0.39 is 18.0 Å². The average Bonchev–Trinajstić information content (AvgIpc) is 3.27. The van der Waals surface area contributed by atoms with Gasteiger partial charge in [0.1, 0.15) is 6.04 Å². The van der Waals surface area contributed by atoms with E-state index in [-0.39, 0.29) is 48.6 Å². The summed E-state index contributed by atoms with van der Waals surface area (Å²) in [7, 11) is 0. The first kappa shape index (κ1) is 20.5. The lowest BCUT2D eigenvalue weighted by molar-refractivity contribution is -0.128. The lowest BCUT2D eigenvalue weighted by Gasteiger charge is -2.13. The van der Waals surface area contributed by atoms with Gasteiger partial charge in [-0.25, -0.2) is 14.6 Å². The van der Waals surface area contributed by atoms with Crippen molar-refractivity contribution in [2.24, 2.45) is 0 Å². The van der Waals surface area contributed by atoms with Crippen molar-refractivity contribution in [3.8, 4) is 0 Å². The van der Waals surface area contributed by atoms with Crippen LogP contribution in [0.4, 0.5) is 9.93 Å². The number of hydrogen-bond donors (Lipinski definition) is 2. The Morgan fingerprint density at radius 1 is 1.28 bits per heavy atom. The molecule has 29 heavy (non-hydrogen) atoms. The average molecular weight is 416 g/mol. The highest BCUT2D eigenvalue weighted by Crippen LogP contribution is 2.18. The standard InChI is InChI=1S/C19H20N4O5S/c1-2-28-17(26)14-11-29-18(20-14)22-15(24)9-8-13-16(25)23(19(27)21-13)10-12-6-4-3-5-7-12/h3-7,11,13H,2,8-10H2,1H3,(H,21,27)(H,20,22,24). The summed E-state index contributed by atoms with van der Waals surface area (Å²) in [5.74, 6) is -1.27. The van der Waals surface area contributed by atoms with Crippen LogP contribution < -0.4 is 10.6 Å². The summed E-state index contributed by atoms with van der Waals surface area (Å²) >= 11 is 1.10. The van der Waals surface area contributed by atoms with E-state index in [1.807, 2.05) is 30.3 Å². The molecular weight excluding hydrogens is 396 g/mol. The lowest BCUT2D eigenvalue weighted by Crippen LogP contribution is -2.31. The third-order valence-corrected chi connectivity index (χ3v) is 4.94. The molecule has 3 rings (SSSR count). The Bertz CT molecular complexity index is 914. The number of thiazole rings is 1. The van der Waals surface area contributed by atoms with E-state index >= 15 is 0 Å². The molecule has 1 aliphatic heterocycles. The summed E-state index contributed by atoms with van der Waals surface area (Å²) in [5, 5.41) is 6.96. The molecule has 2 aromatic rings. The van der Waals surface area contributed by atoms with E-state index in [0.717, 1.165) is 21.8 Å². The number of esters is 1. The van der Waals surface area contributed by atoms with Crippen molar-refractivity contribution in [2.75, 3.05) is 11.9 Å². The maximum Gasteiger partial charge on any atom is 0.357 e. The van der Waals surface area contributed by atoms with Crippen LogP contribution in [0.15, 0.2) is 35.7 Å². The first-order valence-corrected chi connectivity index (χ1v) is 9.94. The Morgan fingerprint density at radius 3 is 2.76 bits per heavy atom. The predicted octanol–water partition coefficient (Wildman–Crippen LogP) is 2.16. The molecule has 152 valence electrons. The number of carbonyl (C=O) groups is 4. The fourth-order valence-corrected chi connectivity index (χ4v) is 3.47. The van der Waals surface area contributed by atoms with Crippen LogP contribution in [0.2, 0.25) is 0 Å². The molecule has 0 saturated carbocycles. The summed E-state index contributed by atoms with van der Waals surface area (Å²) < 4.78 is 4.85. The third kappa shape index (κ3) is 5.17. The number of rotatable bonds is 8. The molecule has 0 bridgehead atoms. The van der Waals surface area contributed by atoms with Gasteiger partial charge in [0.15, 0.2) is 10.8 Å². The summed E-state index contributed by atoms with van der Waals surface area (Å²) in [4.78, 5) is 53.5. The van der Waals surface area contributed by atoms with Gasteiger partial charge in [0.25, 0.3) is 5.91 Å². The molecule has 2 heterocycles. The quantitative estimate of drug-likeness (QED) is 0.503. The Labute approximate surface area is 171 Å². The van der Waals surface area contributed by atoms with Crippen LogP contribution in [0.25, 0.3) is 0 Å². The van der Waals surface area contributed by atoms with Crippen molar-refractivity contribution in [1.29, 1.82) is 0 Å². The van der Waals surface area contributed by atoms with Crippen LogP contribution in [0.1, 0.15) is 35.8 Å². The van der Waals surface area contributed by atoms with Gasteiger partial charge < -0.3 is 15.4 Å². The Balaban J connectivity index is 1.49. The van der Waals surface area contributed by atoms with E-state index in [2.05, 4.69) is 15.6 Å². The number of urea groups is 1. The molecule has 1 aromatic heterocycles. The number of carbonyl (C=O) groups excluding carboxylic acids is 4. The zero-order valence-electron chi connectivity index (χ0n) is 15.7. The molecule has 2 N–H and O–H groups in total. The van der Waals surface area contributed by atoms with E-state index in [1.54, 1.807) is 6.92 Å². The van der Waals surface area contributed by atoms with E-state index in [4.69, 9.17) is 4.74 Å². The summed E-state index contributed by atoms with van der Waals surface area (Å²) in [6.07, 6.45) is 0.183. The summed E-state index contributed by atoms with van der Waals surface area (Å²) in [6.45, 7) is 2.11. The molecule has 1 saturated heterocycles. The zero-order valence-corrected chi connectivity index (χ0v) is 16.5. The second kappa shape index (κ2) is 9.28. The molecule has 10 heteroatoms. The van der Waals surface area contributed by atoms with Gasteiger partial charge in [-0.15, -0.1) is 11.3 Å². The van der Waals surface area contributed by atoms with Crippen molar-refractivity contribution in [2.45, 2.75) is 32.4 Å². The van der Waals surface area contributed by atoms with Crippen LogP contribution in [0.5, 0.6) is 0 Å². The van der Waals surface area contributed by atoms with E-state index in [0.29, 0.717) is 0 Å². The van der Waals surface area contributed by atoms with Crippen LogP contribution in [-0.4, -0.2) is 46.3 Å². The number of hydrogen-bond acceptors (Lipinski definition) is 7. The maximum absolute atomic E-state index is 12.5. The minimum atomic E-state index is -0.747. The molecule has 0 spiro atoms. The largest absolute Gasteiger partial charge is 0.461 e. The van der Waals surface area contributed by atoms with Crippen LogP contribution in [0, 0.1) is 0 Å². The van der Waals surface area contributed by atoms with Crippen molar-refractivity contribution >= 4 is 40.3 Å². The Hall–Kier alpha value is -3.27. The summed E-state index contributed by atoms with van der Waals surface area (Å²) in [6, 6.07) is 7.98. The second-order valence-electron chi connectivity index (χ2n) is 6.26. The topological polar surface area (TPSA) is 118 Å². The molecule has 0 radical (unpaired) electrons. The van der Waals surface area contributed by atoms with E-state index in [9.17, 15) is 19.2 Å². The van der Waals surface area contributed by atoms with Gasteiger partial charge in [-0.05, 0) is 18.9 Å². The molecule has 0 aliphatic carbocycles. The van der Waals surface area contributed by atoms with Gasteiger partial charge in [-0.2, -0.15) is 0 Å². The van der Waals surface area contributed by atoms with Gasteiger partial charge in [-0.3, -0.25) is 14.5 Å². The molecule has 1 atom stereocenters. The number of aromatic nitrogens is 1. The predicted molar refractivity (Wildman–Crippen MR) is 105 cm³/mol. The molecule has 1 fully saturated rings. The van der Waals surface area contributed by atoms with Crippen molar-refractivity contribution in [3.63, 3.8) is 0 Å². The minimum Gasteiger partial charge on any atom is -0.461 e. The van der Waals surface area contributed by atoms with Gasteiger partial charge in [-0.1, -0.05) is 30.3 Å². The maximum atomic E-state index is 12.5. The number of imide groups is 1. The van der Waals surface area contributed by atoms with Crippen LogP contribution in [0.3, 0.4) is 0 Å². The van der Waals surface area contributed by atoms with Crippen LogP contribution >= 0.6 is 11.3 Å². The monoisotopic (exact) mass is 416 g/mol. The number of ether oxygens (including phenoxy) is 1. The first-order chi connectivity index (χ1) is 14.0. The molecule has 1 unspecified atom stereocenters. The number of nitrogens with zero attached hydrogens (tertiary/aromatic N) is 2. The van der Waals surface area contributed by atoms with Gasteiger partial charge >= 0.3 is 12.0 Å². The highest BCUT2D eigenvalue weighted by molar-refractivity contribution is 7.14. The van der Waals surface area contributed by atoms with Gasteiger partial charge in [0, 0.05) is 11.8 Å². The van der Waals surface area contributed by atoms with Crippen molar-refractivity contribution in [3.05, 3.63) is 47.0 Å². The molecule has 1 aliphatic rings. The SMILES string of the molecule is CCOC(=O)c1csc(NC(=O)CCC2NC(=O)N(Cc3ccccc3)C2=O)n1. The number of benzene rings is 1. The smallest absolute Gasteiger partial charge is 0.357 e. The lowest BCUT2D eigenvalue weighted by atomic mass is 10.1. The second-order valence-corrected chi connectivity index (χ2v) is 7.12. The molecular formula is C19H20N4O5S. The highest BCUT2D eigenvalue weighted by Gasteiger charge is 2.37. The van der Waals surface area contributed by atoms with Gasteiger partial charge in [0.05, 0.1) is 13.2 Å². The number of anilines is 1.